The second-order valence-corrected chi connectivity index (χ2v) is 11.8. The number of anilines is 1. The van der Waals surface area contributed by atoms with Gasteiger partial charge in [0.25, 0.3) is 10.0 Å². The number of carbonyl (C=O) groups is 1. The van der Waals surface area contributed by atoms with E-state index in [1.54, 1.807) is 62.2 Å². The quantitative estimate of drug-likeness (QED) is 0.382. The Hall–Kier alpha value is -2.59. The highest BCUT2D eigenvalue weighted by atomic mass is 35.5. The zero-order chi connectivity index (χ0) is 26.7. The molecule has 0 aliphatic carbocycles. The van der Waals surface area contributed by atoms with Gasteiger partial charge in [0.2, 0.25) is 5.91 Å². The third-order valence-corrected chi connectivity index (χ3v) is 8.95. The number of aryl methyl sites for hydroxylation is 2. The first-order chi connectivity index (χ1) is 17.5. The van der Waals surface area contributed by atoms with Crippen molar-refractivity contribution in [1.82, 2.24) is 15.0 Å². The Kier molecular flexibility index (Phi) is 8.48. The van der Waals surface area contributed by atoms with E-state index < -0.39 is 10.0 Å². The topological polar surface area (TPSA) is 95.8 Å². The lowest BCUT2D eigenvalue weighted by atomic mass is 10.0. The van der Waals surface area contributed by atoms with Gasteiger partial charge in [-0.25, -0.2) is 8.42 Å². The number of halogens is 2. The minimum Gasteiger partial charge on any atom is -0.360 e. The van der Waals surface area contributed by atoms with Crippen LogP contribution in [0.15, 0.2) is 51.9 Å². The molecule has 37 heavy (non-hydrogen) atoms. The molecule has 0 unspecified atom stereocenters. The summed E-state index contributed by atoms with van der Waals surface area (Å²) in [6.45, 7) is 5.71. The van der Waals surface area contributed by atoms with Gasteiger partial charge < -0.3 is 14.3 Å². The van der Waals surface area contributed by atoms with E-state index >= 15 is 0 Å². The number of hydrogen-bond donors (Lipinski definition) is 1. The first-order valence-corrected chi connectivity index (χ1v) is 14.3. The number of amides is 1. The third-order valence-electron chi connectivity index (χ3n) is 6.59. The first kappa shape index (κ1) is 27.4. The molecule has 2 aromatic carbocycles. The van der Waals surface area contributed by atoms with Crippen molar-refractivity contribution in [2.24, 2.45) is 0 Å². The van der Waals surface area contributed by atoms with Gasteiger partial charge in [0, 0.05) is 19.3 Å². The molecule has 3 aromatic rings. The molecule has 1 N–H and O–H groups in total. The number of hydrogen-bond acceptors (Lipinski definition) is 6. The molecule has 1 atom stereocenters. The predicted molar refractivity (Wildman–Crippen MR) is 145 cm³/mol. The average Bonchev–Trinajstić information content (AvgIpc) is 3.48. The second kappa shape index (κ2) is 11.4. The van der Waals surface area contributed by atoms with Crippen molar-refractivity contribution in [3.05, 3.63) is 75.1 Å². The number of likely N-dealkylation sites (tertiary alicyclic amines) is 1. The summed E-state index contributed by atoms with van der Waals surface area (Å²) < 4.78 is 33.8. The molecule has 1 aliphatic rings. The van der Waals surface area contributed by atoms with Gasteiger partial charge >= 0.3 is 0 Å². The van der Waals surface area contributed by atoms with Crippen molar-refractivity contribution >= 4 is 44.8 Å². The Morgan fingerprint density at radius 3 is 2.51 bits per heavy atom. The van der Waals surface area contributed by atoms with Gasteiger partial charge in [0.1, 0.15) is 5.69 Å². The van der Waals surface area contributed by atoms with E-state index in [2.05, 4.69) is 14.8 Å². The summed E-state index contributed by atoms with van der Waals surface area (Å²) in [5.41, 5.74) is 2.29. The summed E-state index contributed by atoms with van der Waals surface area (Å²) in [7, 11) is -2.12. The van der Waals surface area contributed by atoms with Gasteiger partial charge in [-0.05, 0) is 75.2 Å². The van der Waals surface area contributed by atoms with Crippen molar-refractivity contribution in [2.45, 2.75) is 44.0 Å². The maximum atomic E-state index is 13.3. The molecule has 0 saturated carbocycles. The van der Waals surface area contributed by atoms with Gasteiger partial charge in [0.15, 0.2) is 10.7 Å². The van der Waals surface area contributed by atoms with Gasteiger partial charge in [-0.1, -0.05) is 46.6 Å². The number of sulfonamides is 1. The Balaban J connectivity index is 1.60. The van der Waals surface area contributed by atoms with Crippen LogP contribution in [0.3, 0.4) is 0 Å². The minimum absolute atomic E-state index is 0.0282. The van der Waals surface area contributed by atoms with Gasteiger partial charge in [-0.15, -0.1) is 0 Å². The summed E-state index contributed by atoms with van der Waals surface area (Å²) in [6.07, 6.45) is 2.40. The van der Waals surface area contributed by atoms with E-state index in [-0.39, 0.29) is 29.0 Å². The largest absolute Gasteiger partial charge is 0.360 e. The summed E-state index contributed by atoms with van der Waals surface area (Å²) in [4.78, 5) is 17.4. The standard InChI is InChI=1S/C26H30Cl2N4O4S/c1-17-26(18(2)36-29-17)37(34,35)30-21-8-6-7-20(15-21)24(16-32-11-4-5-12-32)31(3)25(33)14-19-9-10-22(27)23(28)13-19/h6-10,13,15,24,30H,4-5,11-12,14,16H2,1-3H3/t24-/m1/s1. The van der Waals surface area contributed by atoms with Gasteiger partial charge in [-0.3, -0.25) is 9.52 Å². The predicted octanol–water partition coefficient (Wildman–Crippen LogP) is 5.24. The van der Waals surface area contributed by atoms with Crippen LogP contribution >= 0.6 is 23.2 Å². The van der Waals surface area contributed by atoms with Crippen LogP contribution in [-0.2, 0) is 21.2 Å². The van der Waals surface area contributed by atoms with E-state index in [1.807, 2.05) is 6.07 Å². The van der Waals surface area contributed by atoms with Crippen LogP contribution < -0.4 is 4.72 Å². The van der Waals surface area contributed by atoms with E-state index in [9.17, 15) is 13.2 Å². The number of benzene rings is 2. The summed E-state index contributed by atoms with van der Waals surface area (Å²) in [6, 6.07) is 12.1. The van der Waals surface area contributed by atoms with Crippen LogP contribution in [-0.4, -0.2) is 56.0 Å². The van der Waals surface area contributed by atoms with E-state index in [1.165, 1.54) is 0 Å². The van der Waals surface area contributed by atoms with E-state index in [0.717, 1.165) is 37.1 Å². The van der Waals surface area contributed by atoms with Gasteiger partial charge in [0.05, 0.1) is 22.5 Å². The van der Waals surface area contributed by atoms with Crippen LogP contribution in [0.2, 0.25) is 10.0 Å². The molecular formula is C26H30Cl2N4O4S. The number of nitrogens with one attached hydrogen (secondary N) is 1. The van der Waals surface area contributed by atoms with E-state index in [0.29, 0.717) is 28.0 Å². The van der Waals surface area contributed by atoms with Crippen molar-refractivity contribution in [2.75, 3.05) is 31.4 Å². The minimum atomic E-state index is -3.90. The molecule has 8 nitrogen and oxygen atoms in total. The molecule has 1 saturated heterocycles. The normalized spacial score (nSPS) is 15.1. The maximum absolute atomic E-state index is 13.3. The molecule has 1 fully saturated rings. The molecule has 1 amide bonds. The monoisotopic (exact) mass is 564 g/mol. The highest BCUT2D eigenvalue weighted by Crippen LogP contribution is 2.29. The molecule has 0 spiro atoms. The molecule has 11 heteroatoms. The third kappa shape index (κ3) is 6.46. The lowest BCUT2D eigenvalue weighted by Crippen LogP contribution is -2.39. The molecule has 0 bridgehead atoms. The fourth-order valence-electron chi connectivity index (χ4n) is 4.66. The van der Waals surface area contributed by atoms with Crippen LogP contribution in [0, 0.1) is 13.8 Å². The molecule has 1 aromatic heterocycles. The van der Waals surface area contributed by atoms with Crippen LogP contribution in [0.25, 0.3) is 0 Å². The maximum Gasteiger partial charge on any atom is 0.267 e. The lowest BCUT2D eigenvalue weighted by molar-refractivity contribution is -0.131. The molecule has 1 aliphatic heterocycles. The van der Waals surface area contributed by atoms with Crippen molar-refractivity contribution in [1.29, 1.82) is 0 Å². The number of rotatable bonds is 9. The number of nitrogens with zero attached hydrogens (tertiary/aromatic N) is 3. The van der Waals surface area contributed by atoms with Crippen molar-refractivity contribution in [3.63, 3.8) is 0 Å². The Morgan fingerprint density at radius 2 is 1.86 bits per heavy atom. The van der Waals surface area contributed by atoms with Crippen molar-refractivity contribution in [3.8, 4) is 0 Å². The Bertz CT molecular complexity index is 1370. The molecule has 198 valence electrons. The summed E-state index contributed by atoms with van der Waals surface area (Å²) >= 11 is 12.2. The van der Waals surface area contributed by atoms with E-state index in [4.69, 9.17) is 27.7 Å². The molecular weight excluding hydrogens is 535 g/mol. The Labute approximate surface area is 227 Å². The fraction of sp³-hybridized carbons (Fsp3) is 0.385. The number of likely N-dealkylation sites (N-methyl/N-ethyl adjacent to an activating group) is 1. The first-order valence-electron chi connectivity index (χ1n) is 12.0. The molecule has 2 heterocycles. The second-order valence-electron chi connectivity index (χ2n) is 9.34. The molecule has 0 radical (unpaired) electrons. The highest BCUT2D eigenvalue weighted by Gasteiger charge is 2.28. The fourth-order valence-corrected chi connectivity index (χ4v) is 6.36. The zero-order valence-electron chi connectivity index (χ0n) is 21.0. The Morgan fingerprint density at radius 1 is 1.14 bits per heavy atom. The van der Waals surface area contributed by atoms with Crippen LogP contribution in [0.4, 0.5) is 5.69 Å². The van der Waals surface area contributed by atoms with Gasteiger partial charge in [-0.2, -0.15) is 0 Å². The lowest BCUT2D eigenvalue weighted by Gasteiger charge is -2.32. The summed E-state index contributed by atoms with van der Waals surface area (Å²) in [5.74, 6) is 0.144. The van der Waals surface area contributed by atoms with Crippen molar-refractivity contribution < 1.29 is 17.7 Å². The SMILES string of the molecule is Cc1noc(C)c1S(=O)(=O)Nc1cccc([C@@H](CN2CCCC2)N(C)C(=O)Cc2ccc(Cl)c(Cl)c2)c1. The summed E-state index contributed by atoms with van der Waals surface area (Å²) in [5, 5.41) is 4.60. The number of aromatic nitrogens is 1. The highest BCUT2D eigenvalue weighted by molar-refractivity contribution is 7.92. The van der Waals surface area contributed by atoms with Crippen LogP contribution in [0.5, 0.6) is 0 Å². The van der Waals surface area contributed by atoms with Crippen LogP contribution in [0.1, 0.15) is 41.5 Å². The zero-order valence-corrected chi connectivity index (χ0v) is 23.3. The molecule has 4 rings (SSSR count). The average molecular weight is 566 g/mol. The number of carbonyl (C=O) groups excluding carboxylic acids is 1. The smallest absolute Gasteiger partial charge is 0.267 e.